The fourth-order valence-electron chi connectivity index (χ4n) is 1.52. The van der Waals surface area contributed by atoms with Crippen molar-refractivity contribution in [1.82, 2.24) is 5.32 Å². The van der Waals surface area contributed by atoms with E-state index in [1.165, 1.54) is 11.1 Å². The van der Waals surface area contributed by atoms with Gasteiger partial charge in [0.2, 0.25) is 0 Å². The third-order valence-electron chi connectivity index (χ3n) is 2.54. The standard InChI is InChI=1S/C14H23NO/c1-12(2)15-9-6-10-16-11-14-8-5-4-7-13(14)3/h4-5,7-8,12,15H,6,9-11H2,1-3H3. The molecule has 0 aliphatic carbocycles. The van der Waals surface area contributed by atoms with Gasteiger partial charge in [0.15, 0.2) is 0 Å². The van der Waals surface area contributed by atoms with Gasteiger partial charge in [-0.15, -0.1) is 0 Å². The Hall–Kier alpha value is -0.860. The molecule has 0 aromatic heterocycles. The highest BCUT2D eigenvalue weighted by molar-refractivity contribution is 5.24. The second kappa shape index (κ2) is 7.42. The molecule has 0 heterocycles. The molecule has 0 saturated heterocycles. The second-order valence-corrected chi connectivity index (χ2v) is 4.44. The van der Waals surface area contributed by atoms with Crippen molar-refractivity contribution in [2.45, 2.75) is 39.8 Å². The predicted octanol–water partition coefficient (Wildman–Crippen LogP) is 2.90. The molecule has 0 atom stereocenters. The molecule has 0 radical (unpaired) electrons. The van der Waals surface area contributed by atoms with Crippen LogP contribution in [0.4, 0.5) is 0 Å². The van der Waals surface area contributed by atoms with Gasteiger partial charge in [-0.25, -0.2) is 0 Å². The van der Waals surface area contributed by atoms with Crippen LogP contribution in [0.3, 0.4) is 0 Å². The molecule has 2 heteroatoms. The first-order chi connectivity index (χ1) is 7.70. The zero-order valence-electron chi connectivity index (χ0n) is 10.6. The molecule has 1 aromatic carbocycles. The Morgan fingerprint density at radius 3 is 2.69 bits per heavy atom. The lowest BCUT2D eigenvalue weighted by Gasteiger charge is -2.09. The van der Waals surface area contributed by atoms with Crippen molar-refractivity contribution in [1.29, 1.82) is 0 Å². The van der Waals surface area contributed by atoms with Gasteiger partial charge in [0.25, 0.3) is 0 Å². The van der Waals surface area contributed by atoms with Crippen molar-refractivity contribution < 1.29 is 4.74 Å². The van der Waals surface area contributed by atoms with Crippen molar-refractivity contribution >= 4 is 0 Å². The summed E-state index contributed by atoms with van der Waals surface area (Å²) in [6.45, 7) is 9.04. The van der Waals surface area contributed by atoms with Crippen LogP contribution in [-0.2, 0) is 11.3 Å². The van der Waals surface area contributed by atoms with Crippen LogP contribution in [0, 0.1) is 6.92 Å². The predicted molar refractivity (Wildman–Crippen MR) is 68.6 cm³/mol. The number of nitrogens with one attached hydrogen (secondary N) is 1. The van der Waals surface area contributed by atoms with Crippen LogP contribution < -0.4 is 5.32 Å². The van der Waals surface area contributed by atoms with E-state index in [4.69, 9.17) is 4.74 Å². The molecular weight excluding hydrogens is 198 g/mol. The van der Waals surface area contributed by atoms with E-state index in [-0.39, 0.29) is 0 Å². The normalized spacial score (nSPS) is 11.0. The van der Waals surface area contributed by atoms with Gasteiger partial charge in [0.1, 0.15) is 0 Å². The Kier molecular flexibility index (Phi) is 6.12. The molecule has 0 aliphatic rings. The third-order valence-corrected chi connectivity index (χ3v) is 2.54. The van der Waals surface area contributed by atoms with Crippen LogP contribution in [0.2, 0.25) is 0 Å². The summed E-state index contributed by atoms with van der Waals surface area (Å²) in [7, 11) is 0. The zero-order chi connectivity index (χ0) is 11.8. The summed E-state index contributed by atoms with van der Waals surface area (Å²) in [5.74, 6) is 0. The van der Waals surface area contributed by atoms with E-state index in [2.05, 4.69) is 50.4 Å². The van der Waals surface area contributed by atoms with Crippen molar-refractivity contribution in [3.05, 3.63) is 35.4 Å². The van der Waals surface area contributed by atoms with E-state index in [1.807, 2.05) is 0 Å². The van der Waals surface area contributed by atoms with Gasteiger partial charge < -0.3 is 10.1 Å². The number of hydrogen-bond donors (Lipinski definition) is 1. The summed E-state index contributed by atoms with van der Waals surface area (Å²) >= 11 is 0. The Morgan fingerprint density at radius 2 is 2.00 bits per heavy atom. The van der Waals surface area contributed by atoms with Crippen molar-refractivity contribution in [2.75, 3.05) is 13.2 Å². The van der Waals surface area contributed by atoms with Crippen LogP contribution in [0.25, 0.3) is 0 Å². The number of aryl methyl sites for hydroxylation is 1. The number of rotatable bonds is 7. The molecule has 1 rings (SSSR count). The van der Waals surface area contributed by atoms with E-state index in [9.17, 15) is 0 Å². The average molecular weight is 221 g/mol. The summed E-state index contributed by atoms with van der Waals surface area (Å²) in [6.07, 6.45) is 1.07. The molecule has 1 N–H and O–H groups in total. The Labute approximate surface area is 99.0 Å². The SMILES string of the molecule is Cc1ccccc1COCCCNC(C)C. The first-order valence-electron chi connectivity index (χ1n) is 6.06. The summed E-state index contributed by atoms with van der Waals surface area (Å²) in [6, 6.07) is 8.94. The van der Waals surface area contributed by atoms with Gasteiger partial charge >= 0.3 is 0 Å². The minimum atomic E-state index is 0.566. The molecule has 90 valence electrons. The fraction of sp³-hybridized carbons (Fsp3) is 0.571. The van der Waals surface area contributed by atoms with E-state index in [0.29, 0.717) is 6.04 Å². The van der Waals surface area contributed by atoms with Crippen molar-refractivity contribution in [3.63, 3.8) is 0 Å². The summed E-state index contributed by atoms with van der Waals surface area (Å²) in [5.41, 5.74) is 2.60. The second-order valence-electron chi connectivity index (χ2n) is 4.44. The van der Waals surface area contributed by atoms with Crippen molar-refractivity contribution in [2.24, 2.45) is 0 Å². The molecule has 0 unspecified atom stereocenters. The van der Waals surface area contributed by atoms with Crippen LogP contribution in [-0.4, -0.2) is 19.2 Å². The maximum Gasteiger partial charge on any atom is 0.0719 e. The van der Waals surface area contributed by atoms with Gasteiger partial charge in [0.05, 0.1) is 6.61 Å². The first kappa shape index (κ1) is 13.2. The lowest BCUT2D eigenvalue weighted by molar-refractivity contribution is 0.117. The topological polar surface area (TPSA) is 21.3 Å². The molecule has 0 aliphatic heterocycles. The van der Waals surface area contributed by atoms with Gasteiger partial charge in [0, 0.05) is 12.6 Å². The van der Waals surface area contributed by atoms with E-state index in [1.54, 1.807) is 0 Å². The van der Waals surface area contributed by atoms with E-state index >= 15 is 0 Å². The Morgan fingerprint density at radius 1 is 1.25 bits per heavy atom. The third kappa shape index (κ3) is 5.29. The summed E-state index contributed by atoms with van der Waals surface area (Å²) < 4.78 is 5.64. The molecule has 2 nitrogen and oxygen atoms in total. The highest BCUT2D eigenvalue weighted by Crippen LogP contribution is 2.08. The van der Waals surface area contributed by atoms with Gasteiger partial charge in [-0.3, -0.25) is 0 Å². The Bertz CT molecular complexity index is 297. The number of ether oxygens (including phenoxy) is 1. The average Bonchev–Trinajstić information content (AvgIpc) is 2.25. The maximum absolute atomic E-state index is 5.64. The highest BCUT2D eigenvalue weighted by atomic mass is 16.5. The lowest BCUT2D eigenvalue weighted by atomic mass is 10.1. The van der Waals surface area contributed by atoms with Gasteiger partial charge in [-0.05, 0) is 31.0 Å². The van der Waals surface area contributed by atoms with Crippen LogP contribution in [0.15, 0.2) is 24.3 Å². The van der Waals surface area contributed by atoms with E-state index in [0.717, 1.165) is 26.2 Å². The minimum absolute atomic E-state index is 0.566. The highest BCUT2D eigenvalue weighted by Gasteiger charge is 1.97. The van der Waals surface area contributed by atoms with Crippen LogP contribution >= 0.6 is 0 Å². The summed E-state index contributed by atoms with van der Waals surface area (Å²) in [4.78, 5) is 0. The minimum Gasteiger partial charge on any atom is -0.377 e. The zero-order valence-corrected chi connectivity index (χ0v) is 10.6. The molecular formula is C14H23NO. The van der Waals surface area contributed by atoms with Gasteiger partial charge in [-0.1, -0.05) is 38.1 Å². The molecule has 0 spiro atoms. The van der Waals surface area contributed by atoms with Crippen molar-refractivity contribution in [3.8, 4) is 0 Å². The molecule has 0 bridgehead atoms. The number of benzene rings is 1. The molecule has 16 heavy (non-hydrogen) atoms. The molecule has 0 fully saturated rings. The van der Waals surface area contributed by atoms with E-state index < -0.39 is 0 Å². The molecule has 0 amide bonds. The monoisotopic (exact) mass is 221 g/mol. The smallest absolute Gasteiger partial charge is 0.0719 e. The first-order valence-corrected chi connectivity index (χ1v) is 6.06. The molecule has 0 saturated carbocycles. The summed E-state index contributed by atoms with van der Waals surface area (Å²) in [5, 5.41) is 3.38. The Balaban J connectivity index is 2.10. The van der Waals surface area contributed by atoms with Crippen LogP contribution in [0.1, 0.15) is 31.4 Å². The maximum atomic E-state index is 5.64. The lowest BCUT2D eigenvalue weighted by Crippen LogP contribution is -2.24. The number of hydrogen-bond acceptors (Lipinski definition) is 2. The molecule has 1 aromatic rings. The van der Waals surface area contributed by atoms with Gasteiger partial charge in [-0.2, -0.15) is 0 Å². The fourth-order valence-corrected chi connectivity index (χ4v) is 1.52. The van der Waals surface area contributed by atoms with Crippen LogP contribution in [0.5, 0.6) is 0 Å². The largest absolute Gasteiger partial charge is 0.377 e. The quantitative estimate of drug-likeness (QED) is 0.715.